The summed E-state index contributed by atoms with van der Waals surface area (Å²) in [5.41, 5.74) is 5.41. The van der Waals surface area contributed by atoms with Gasteiger partial charge in [0, 0.05) is 39.2 Å². The second-order valence-electron chi connectivity index (χ2n) is 11.7. The monoisotopic (exact) mass is 501 g/mol. The van der Waals surface area contributed by atoms with Gasteiger partial charge in [-0.05, 0) is 90.7 Å². The van der Waals surface area contributed by atoms with Crippen LogP contribution in [0, 0.1) is 34.5 Å². The highest BCUT2D eigenvalue weighted by Crippen LogP contribution is 2.69. The Bertz CT molecular complexity index is 1210. The Morgan fingerprint density at radius 3 is 2.59 bits per heavy atom. The van der Waals surface area contributed by atoms with Gasteiger partial charge in [-0.25, -0.2) is 0 Å². The van der Waals surface area contributed by atoms with Gasteiger partial charge in [0.25, 0.3) is 0 Å². The van der Waals surface area contributed by atoms with Gasteiger partial charge in [-0.3, -0.25) is 9.59 Å². The number of allylic oxidation sites excluding steroid dienone is 4. The molecule has 1 aromatic carbocycles. The van der Waals surface area contributed by atoms with Crippen LogP contribution in [0.3, 0.4) is 0 Å². The first-order valence-corrected chi connectivity index (χ1v) is 13.6. The van der Waals surface area contributed by atoms with E-state index in [1.54, 1.807) is 7.11 Å². The van der Waals surface area contributed by atoms with Crippen LogP contribution in [0.1, 0.15) is 63.4 Å². The van der Waals surface area contributed by atoms with Crippen LogP contribution >= 0.6 is 0 Å². The Balaban J connectivity index is 1.69. The molecule has 5 atom stereocenters. The quantitative estimate of drug-likeness (QED) is 0.585. The number of aliphatic hydroxyl groups excluding tert-OH is 1. The average Bonchev–Trinajstić information content (AvgIpc) is 3.19. The number of fused-ring (bicyclic) bond motifs is 4. The number of carbonyl (C=O) groups is 2. The zero-order valence-electron chi connectivity index (χ0n) is 22.6. The minimum Gasteiger partial charge on any atom is -0.384 e. The molecular formula is C32H39NO4. The normalized spacial score (nSPS) is 32.5. The third-order valence-electron chi connectivity index (χ3n) is 9.87. The Morgan fingerprint density at radius 2 is 1.92 bits per heavy atom. The topological polar surface area (TPSA) is 66.8 Å². The fourth-order valence-electron chi connectivity index (χ4n) is 8.17. The van der Waals surface area contributed by atoms with Crippen LogP contribution in [0.5, 0.6) is 0 Å². The van der Waals surface area contributed by atoms with Crippen molar-refractivity contribution in [3.63, 3.8) is 0 Å². The molecule has 37 heavy (non-hydrogen) atoms. The molecule has 1 N–H and O–H groups in total. The fraction of sp³-hybridized carbons (Fsp3) is 0.562. The van der Waals surface area contributed by atoms with Crippen LogP contribution in [0.2, 0.25) is 0 Å². The van der Waals surface area contributed by atoms with Crippen molar-refractivity contribution in [3.05, 3.63) is 52.6 Å². The first kappa shape index (κ1) is 25.9. The van der Waals surface area contributed by atoms with Crippen LogP contribution < -0.4 is 4.90 Å². The Labute approximate surface area is 221 Å². The molecular weight excluding hydrogens is 462 g/mol. The Hall–Kier alpha value is -2.68. The molecule has 0 radical (unpaired) electrons. The summed E-state index contributed by atoms with van der Waals surface area (Å²) >= 11 is 0. The minimum absolute atomic E-state index is 0.0399. The summed E-state index contributed by atoms with van der Waals surface area (Å²) in [6.07, 6.45) is 7.71. The Morgan fingerprint density at radius 1 is 1.16 bits per heavy atom. The maximum Gasteiger partial charge on any atom is 0.176 e. The maximum atomic E-state index is 13.7. The van der Waals surface area contributed by atoms with Gasteiger partial charge in [0.1, 0.15) is 13.2 Å². The predicted molar refractivity (Wildman–Crippen MR) is 145 cm³/mol. The lowest BCUT2D eigenvalue weighted by molar-refractivity contribution is -0.136. The van der Waals surface area contributed by atoms with E-state index in [9.17, 15) is 14.7 Å². The molecule has 2 fully saturated rings. The second-order valence-corrected chi connectivity index (χ2v) is 11.7. The second kappa shape index (κ2) is 9.89. The highest BCUT2D eigenvalue weighted by Gasteiger charge is 2.65. The van der Waals surface area contributed by atoms with Crippen LogP contribution in [0.4, 0.5) is 5.69 Å². The number of ketones is 2. The number of carbonyl (C=O) groups excluding carboxylic acids is 2. The first-order valence-electron chi connectivity index (χ1n) is 13.6. The highest BCUT2D eigenvalue weighted by molar-refractivity contribution is 5.93. The van der Waals surface area contributed by atoms with Gasteiger partial charge in [0.05, 0.1) is 5.41 Å². The summed E-state index contributed by atoms with van der Waals surface area (Å²) in [6.45, 7) is 2.07. The van der Waals surface area contributed by atoms with E-state index in [1.807, 2.05) is 20.2 Å². The number of nitrogens with zero attached hydrogens (tertiary/aromatic N) is 1. The van der Waals surface area contributed by atoms with Crippen LogP contribution in [-0.4, -0.2) is 51.1 Å². The standard InChI is InChI=1S/C32H39NO4/c1-31-19-27(21-6-9-23(10-7-21)33(2)3)30-25-13-11-24(35)18-22(25)8-12-26(30)28(31)14-16-32(31,15-5-17-34)29(36)20-37-4/h6-7,9-10,18,26-28,34H,8,11-14,16-17,19-20H2,1-4H3/t26-,27+,28-,31-,32+/m0/s1. The van der Waals surface area contributed by atoms with Gasteiger partial charge < -0.3 is 14.7 Å². The Kier molecular flexibility index (Phi) is 6.94. The van der Waals surface area contributed by atoms with Gasteiger partial charge in [0.15, 0.2) is 11.6 Å². The molecule has 4 aliphatic carbocycles. The van der Waals surface area contributed by atoms with E-state index >= 15 is 0 Å². The van der Waals surface area contributed by atoms with E-state index in [0.717, 1.165) is 37.8 Å². The fourth-order valence-corrected chi connectivity index (χ4v) is 8.17. The van der Waals surface area contributed by atoms with E-state index in [-0.39, 0.29) is 36.1 Å². The third-order valence-corrected chi connectivity index (χ3v) is 9.87. The lowest BCUT2D eigenvalue weighted by Gasteiger charge is -2.54. The van der Waals surface area contributed by atoms with Crippen molar-refractivity contribution < 1.29 is 19.4 Å². The van der Waals surface area contributed by atoms with Gasteiger partial charge in [0.2, 0.25) is 0 Å². The summed E-state index contributed by atoms with van der Waals surface area (Å²) in [5, 5.41) is 9.61. The van der Waals surface area contributed by atoms with E-state index in [2.05, 4.69) is 47.9 Å². The van der Waals surface area contributed by atoms with E-state index in [4.69, 9.17) is 4.74 Å². The molecule has 0 unspecified atom stereocenters. The number of benzene rings is 1. The van der Waals surface area contributed by atoms with Crippen LogP contribution in [0.15, 0.2) is 47.1 Å². The molecule has 5 nitrogen and oxygen atoms in total. The molecule has 4 aliphatic rings. The number of rotatable bonds is 5. The first-order chi connectivity index (χ1) is 17.8. The molecule has 1 aromatic rings. The van der Waals surface area contributed by atoms with E-state index in [0.29, 0.717) is 24.7 Å². The number of Topliss-reactive ketones (excluding diaryl/α,β-unsaturated/α-hetero) is 1. The van der Waals surface area contributed by atoms with Gasteiger partial charge in [-0.1, -0.05) is 36.5 Å². The van der Waals surface area contributed by atoms with Crippen molar-refractivity contribution in [1.29, 1.82) is 0 Å². The summed E-state index contributed by atoms with van der Waals surface area (Å²) < 4.78 is 5.35. The van der Waals surface area contributed by atoms with Gasteiger partial charge in [-0.2, -0.15) is 0 Å². The molecule has 0 spiro atoms. The largest absolute Gasteiger partial charge is 0.384 e. The van der Waals surface area contributed by atoms with Gasteiger partial charge >= 0.3 is 0 Å². The van der Waals surface area contributed by atoms with Crippen LogP contribution in [0.25, 0.3) is 0 Å². The SMILES string of the molecule is COCC(=O)[C@@]1(C#CCO)CC[C@H]2[C@@H]3CCC4=CC(=O)CCC4=C3[C@@H](c3ccc(N(C)C)cc3)C[C@@]21C. The molecule has 196 valence electrons. The molecule has 0 bridgehead atoms. The summed E-state index contributed by atoms with van der Waals surface area (Å²) in [4.78, 5) is 28.2. The molecule has 5 heteroatoms. The number of methoxy groups -OCH3 is 1. The molecule has 2 saturated carbocycles. The number of aliphatic hydroxyl groups is 1. The van der Waals surface area contributed by atoms with E-state index < -0.39 is 5.41 Å². The molecule has 0 aromatic heterocycles. The molecule has 5 rings (SSSR count). The zero-order chi connectivity index (χ0) is 26.4. The van der Waals surface area contributed by atoms with Gasteiger partial charge in [-0.15, -0.1) is 0 Å². The number of anilines is 1. The van der Waals surface area contributed by atoms with Crippen molar-refractivity contribution in [1.82, 2.24) is 0 Å². The zero-order valence-corrected chi connectivity index (χ0v) is 22.6. The summed E-state index contributed by atoms with van der Waals surface area (Å²) in [5.74, 6) is 7.36. The summed E-state index contributed by atoms with van der Waals surface area (Å²) in [6, 6.07) is 8.84. The maximum absolute atomic E-state index is 13.7. The number of hydrogen-bond donors (Lipinski definition) is 1. The molecule has 0 aliphatic heterocycles. The average molecular weight is 502 g/mol. The smallest absolute Gasteiger partial charge is 0.176 e. The van der Waals surface area contributed by atoms with Crippen molar-refractivity contribution in [3.8, 4) is 11.8 Å². The molecule has 0 heterocycles. The molecule has 0 saturated heterocycles. The minimum atomic E-state index is -0.826. The van der Waals surface area contributed by atoms with Crippen molar-refractivity contribution >= 4 is 17.3 Å². The van der Waals surface area contributed by atoms with Crippen molar-refractivity contribution in [2.75, 3.05) is 39.3 Å². The summed E-state index contributed by atoms with van der Waals surface area (Å²) in [7, 11) is 5.66. The number of hydrogen-bond acceptors (Lipinski definition) is 5. The van der Waals surface area contributed by atoms with Crippen LogP contribution in [-0.2, 0) is 14.3 Å². The van der Waals surface area contributed by atoms with Crippen molar-refractivity contribution in [2.24, 2.45) is 22.7 Å². The van der Waals surface area contributed by atoms with Crippen molar-refractivity contribution in [2.45, 2.75) is 57.8 Å². The third kappa shape index (κ3) is 4.10. The lowest BCUT2D eigenvalue weighted by Crippen LogP contribution is -2.51. The predicted octanol–water partition coefficient (Wildman–Crippen LogP) is 4.85. The highest BCUT2D eigenvalue weighted by atomic mass is 16.5. The number of ether oxygens (including phenoxy) is 1. The van der Waals surface area contributed by atoms with E-state index in [1.165, 1.54) is 22.3 Å². The molecule has 0 amide bonds. The lowest BCUT2D eigenvalue weighted by atomic mass is 9.48.